The van der Waals surface area contributed by atoms with E-state index in [4.69, 9.17) is 9.47 Å². The third kappa shape index (κ3) is 4.11. The fraction of sp³-hybridized carbons (Fsp3) is 0.368. The molecular weight excluding hydrogens is 337 g/mol. The van der Waals surface area contributed by atoms with E-state index >= 15 is 0 Å². The van der Waals surface area contributed by atoms with Crippen LogP contribution in [0.15, 0.2) is 36.5 Å². The van der Waals surface area contributed by atoms with Crippen molar-refractivity contribution >= 4 is 17.4 Å². The minimum Gasteiger partial charge on any atom is -0.497 e. The third-order valence-corrected chi connectivity index (χ3v) is 4.17. The van der Waals surface area contributed by atoms with Gasteiger partial charge in [-0.1, -0.05) is 0 Å². The highest BCUT2D eigenvalue weighted by molar-refractivity contribution is 6.04. The molecule has 2 heterocycles. The Morgan fingerprint density at radius 2 is 2.00 bits per heavy atom. The van der Waals surface area contributed by atoms with E-state index in [9.17, 15) is 9.18 Å². The molecule has 0 spiro atoms. The van der Waals surface area contributed by atoms with Crippen LogP contribution in [0.2, 0.25) is 0 Å². The van der Waals surface area contributed by atoms with Gasteiger partial charge >= 0.3 is 0 Å². The molecule has 26 heavy (non-hydrogen) atoms. The summed E-state index contributed by atoms with van der Waals surface area (Å²) in [6, 6.07) is 7.70. The predicted molar refractivity (Wildman–Crippen MR) is 97.4 cm³/mol. The summed E-state index contributed by atoms with van der Waals surface area (Å²) < 4.78 is 24.7. The van der Waals surface area contributed by atoms with Crippen molar-refractivity contribution in [2.45, 2.75) is 26.1 Å². The average Bonchev–Trinajstić information content (AvgIpc) is 2.61. The molecule has 0 saturated carbocycles. The van der Waals surface area contributed by atoms with E-state index in [1.54, 1.807) is 18.3 Å². The van der Waals surface area contributed by atoms with Crippen LogP contribution in [0, 0.1) is 5.82 Å². The van der Waals surface area contributed by atoms with Gasteiger partial charge in [0.15, 0.2) is 0 Å². The smallest absolute Gasteiger partial charge is 0.258 e. The zero-order valence-corrected chi connectivity index (χ0v) is 15.0. The minimum absolute atomic E-state index is 0.0503. The summed E-state index contributed by atoms with van der Waals surface area (Å²) in [6.07, 6.45) is 1.84. The first-order valence-electron chi connectivity index (χ1n) is 8.47. The minimum atomic E-state index is -0.636. The van der Waals surface area contributed by atoms with Crippen LogP contribution in [-0.2, 0) is 4.74 Å². The molecule has 1 fully saturated rings. The molecule has 0 aliphatic carbocycles. The maximum Gasteiger partial charge on any atom is 0.258 e. The molecule has 6 nitrogen and oxygen atoms in total. The summed E-state index contributed by atoms with van der Waals surface area (Å²) in [5.41, 5.74) is 0.453. The number of carbonyl (C=O) groups excluding carboxylic acids is 1. The van der Waals surface area contributed by atoms with Crippen molar-refractivity contribution in [1.82, 2.24) is 4.98 Å². The van der Waals surface area contributed by atoms with Gasteiger partial charge in [-0.25, -0.2) is 9.37 Å². The zero-order valence-electron chi connectivity index (χ0n) is 15.0. The lowest BCUT2D eigenvalue weighted by atomic mass is 10.2. The van der Waals surface area contributed by atoms with E-state index in [1.165, 1.54) is 19.2 Å². The number of nitrogens with one attached hydrogen (secondary N) is 1. The lowest BCUT2D eigenvalue weighted by Gasteiger charge is -2.36. The van der Waals surface area contributed by atoms with Crippen LogP contribution in [0.3, 0.4) is 0 Å². The second kappa shape index (κ2) is 7.70. The van der Waals surface area contributed by atoms with Gasteiger partial charge < -0.3 is 19.7 Å². The number of halogens is 1. The first-order chi connectivity index (χ1) is 12.5. The molecule has 2 aromatic rings. The van der Waals surface area contributed by atoms with Crippen molar-refractivity contribution in [1.29, 1.82) is 0 Å². The number of pyridine rings is 1. The summed E-state index contributed by atoms with van der Waals surface area (Å²) >= 11 is 0. The Labute approximate surface area is 151 Å². The summed E-state index contributed by atoms with van der Waals surface area (Å²) in [6.45, 7) is 5.58. The zero-order chi connectivity index (χ0) is 18.7. The number of methoxy groups -OCH3 is 1. The van der Waals surface area contributed by atoms with Gasteiger partial charge in [0.1, 0.15) is 17.4 Å². The highest BCUT2D eigenvalue weighted by atomic mass is 19.1. The molecule has 3 rings (SSSR count). The molecule has 2 unspecified atom stereocenters. The van der Waals surface area contributed by atoms with Gasteiger partial charge in [0.2, 0.25) is 0 Å². The van der Waals surface area contributed by atoms with Gasteiger partial charge in [-0.2, -0.15) is 0 Å². The molecule has 7 heteroatoms. The topological polar surface area (TPSA) is 63.7 Å². The van der Waals surface area contributed by atoms with Crippen LogP contribution in [0.4, 0.5) is 15.9 Å². The van der Waals surface area contributed by atoms with Crippen molar-refractivity contribution in [2.75, 3.05) is 30.4 Å². The lowest BCUT2D eigenvalue weighted by Crippen LogP contribution is -2.45. The average molecular weight is 359 g/mol. The standard InChI is InChI=1S/C19H22FN3O3/c1-12-10-23(11-13(2)26-12)18-7-4-14(9-21-18)22-19(24)16-6-5-15(25-3)8-17(16)20/h4-9,12-13H,10-11H2,1-3H3,(H,22,24). The molecule has 138 valence electrons. The molecule has 1 amide bonds. The van der Waals surface area contributed by atoms with Crippen molar-refractivity contribution in [3.63, 3.8) is 0 Å². The first kappa shape index (κ1) is 18.1. The maximum absolute atomic E-state index is 14.0. The number of benzene rings is 1. The number of carbonyl (C=O) groups is 1. The summed E-state index contributed by atoms with van der Waals surface area (Å²) in [4.78, 5) is 18.8. The monoisotopic (exact) mass is 359 g/mol. The van der Waals surface area contributed by atoms with Gasteiger partial charge in [-0.3, -0.25) is 4.79 Å². The quantitative estimate of drug-likeness (QED) is 0.909. The number of rotatable bonds is 4. The van der Waals surface area contributed by atoms with E-state index in [2.05, 4.69) is 15.2 Å². The van der Waals surface area contributed by atoms with E-state index < -0.39 is 11.7 Å². The van der Waals surface area contributed by atoms with Gasteiger partial charge in [0.05, 0.1) is 36.8 Å². The van der Waals surface area contributed by atoms with E-state index in [0.717, 1.165) is 18.9 Å². The fourth-order valence-electron chi connectivity index (χ4n) is 3.02. The van der Waals surface area contributed by atoms with Crippen LogP contribution in [0.5, 0.6) is 5.75 Å². The summed E-state index contributed by atoms with van der Waals surface area (Å²) in [7, 11) is 1.44. The molecular formula is C19H22FN3O3. The highest BCUT2D eigenvalue weighted by Crippen LogP contribution is 2.21. The van der Waals surface area contributed by atoms with Gasteiger partial charge in [0.25, 0.3) is 5.91 Å². The Balaban J connectivity index is 1.68. The Kier molecular flexibility index (Phi) is 5.37. The second-order valence-electron chi connectivity index (χ2n) is 6.37. The van der Waals surface area contributed by atoms with Crippen molar-refractivity contribution < 1.29 is 18.7 Å². The van der Waals surface area contributed by atoms with Gasteiger partial charge in [0, 0.05) is 19.2 Å². The molecule has 0 bridgehead atoms. The summed E-state index contributed by atoms with van der Waals surface area (Å²) in [5.74, 6) is 0.00991. The molecule has 2 atom stereocenters. The van der Waals surface area contributed by atoms with Crippen LogP contribution < -0.4 is 15.0 Å². The third-order valence-electron chi connectivity index (χ3n) is 4.17. The molecule has 1 aromatic heterocycles. The van der Waals surface area contributed by atoms with Crippen LogP contribution in [0.1, 0.15) is 24.2 Å². The van der Waals surface area contributed by atoms with Crippen molar-refractivity contribution in [2.24, 2.45) is 0 Å². The number of aromatic nitrogens is 1. The second-order valence-corrected chi connectivity index (χ2v) is 6.37. The number of ether oxygens (including phenoxy) is 2. The number of amides is 1. The Bertz CT molecular complexity index is 772. The number of nitrogens with zero attached hydrogens (tertiary/aromatic N) is 2. The highest BCUT2D eigenvalue weighted by Gasteiger charge is 2.23. The van der Waals surface area contributed by atoms with Gasteiger partial charge in [-0.05, 0) is 38.1 Å². The molecule has 1 aliphatic heterocycles. The van der Waals surface area contributed by atoms with E-state index in [0.29, 0.717) is 11.4 Å². The SMILES string of the molecule is COc1ccc(C(=O)Nc2ccc(N3CC(C)OC(C)C3)nc2)c(F)c1. The fourth-order valence-corrected chi connectivity index (χ4v) is 3.02. The predicted octanol–water partition coefficient (Wildman–Crippen LogP) is 3.10. The normalized spacial score (nSPS) is 19.9. The van der Waals surface area contributed by atoms with Gasteiger partial charge in [-0.15, -0.1) is 0 Å². The number of anilines is 2. The van der Waals surface area contributed by atoms with E-state index in [-0.39, 0.29) is 17.8 Å². The van der Waals surface area contributed by atoms with Crippen LogP contribution in [0.25, 0.3) is 0 Å². The number of morpholine rings is 1. The van der Waals surface area contributed by atoms with Crippen LogP contribution >= 0.6 is 0 Å². The largest absolute Gasteiger partial charge is 0.497 e. The number of hydrogen-bond donors (Lipinski definition) is 1. The Morgan fingerprint density at radius 1 is 1.27 bits per heavy atom. The molecule has 0 radical (unpaired) electrons. The molecule has 1 saturated heterocycles. The lowest BCUT2D eigenvalue weighted by molar-refractivity contribution is -0.00545. The van der Waals surface area contributed by atoms with Crippen LogP contribution in [-0.4, -0.2) is 43.3 Å². The Morgan fingerprint density at radius 3 is 2.58 bits per heavy atom. The Hall–Kier alpha value is -2.67. The molecule has 1 N–H and O–H groups in total. The number of hydrogen-bond acceptors (Lipinski definition) is 5. The molecule has 1 aromatic carbocycles. The first-order valence-corrected chi connectivity index (χ1v) is 8.47. The molecule has 1 aliphatic rings. The maximum atomic E-state index is 14.0. The van der Waals surface area contributed by atoms with E-state index in [1.807, 2.05) is 19.9 Å². The van der Waals surface area contributed by atoms with Crippen molar-refractivity contribution in [3.05, 3.63) is 47.9 Å². The summed E-state index contributed by atoms with van der Waals surface area (Å²) in [5, 5.41) is 2.66. The van der Waals surface area contributed by atoms with Crippen molar-refractivity contribution in [3.8, 4) is 5.75 Å².